The highest BCUT2D eigenvalue weighted by Crippen LogP contribution is 2.37. The summed E-state index contributed by atoms with van der Waals surface area (Å²) in [6.07, 6.45) is 15.9. The Balaban J connectivity index is 1.31. The Morgan fingerprint density at radius 1 is 1.02 bits per heavy atom. The Labute approximate surface area is 258 Å². The molecule has 0 radical (unpaired) electrons. The fourth-order valence-electron chi connectivity index (χ4n) is 5.14. The van der Waals surface area contributed by atoms with Crippen LogP contribution in [0.4, 0.5) is 11.6 Å². The normalized spacial score (nSPS) is 13.9. The van der Waals surface area contributed by atoms with Gasteiger partial charge in [-0.2, -0.15) is 5.10 Å². The van der Waals surface area contributed by atoms with Crippen LogP contribution in [0.15, 0.2) is 134 Å². The van der Waals surface area contributed by atoms with E-state index in [0.29, 0.717) is 39.5 Å². The molecule has 10 heteroatoms. The Kier molecular flexibility index (Phi) is 7.35. The maximum atomic E-state index is 13.0. The van der Waals surface area contributed by atoms with E-state index in [1.54, 1.807) is 30.5 Å². The quantitative estimate of drug-likeness (QED) is 0.204. The zero-order chi connectivity index (χ0) is 29.9. The van der Waals surface area contributed by atoms with E-state index in [2.05, 4.69) is 16.4 Å². The van der Waals surface area contributed by atoms with Gasteiger partial charge in [0.1, 0.15) is 18.2 Å². The molecule has 1 N–H and O–H groups in total. The predicted octanol–water partition coefficient (Wildman–Crippen LogP) is 7.72. The summed E-state index contributed by atoms with van der Waals surface area (Å²) in [6, 6.07) is 22.2. The zero-order valence-electron chi connectivity index (χ0n) is 23.3. The molecule has 7 rings (SSSR count). The molecule has 4 heterocycles. The molecule has 0 atom stereocenters. The number of carbonyl (C=O) groups excluding carboxylic acids is 1. The lowest BCUT2D eigenvalue weighted by Crippen LogP contribution is -2.26. The molecule has 0 fully saturated rings. The first-order valence-corrected chi connectivity index (χ1v) is 14.3. The fraction of sp³-hybridized carbons (Fsp3) is 0.0588. The monoisotopic (exact) mass is 600 g/mol. The minimum Gasteiger partial charge on any atom is -0.464 e. The maximum Gasteiger partial charge on any atom is 0.257 e. The van der Waals surface area contributed by atoms with Gasteiger partial charge in [-0.1, -0.05) is 54.1 Å². The SMILES string of the molecule is O=C(Nc1cccc(-c2nn3ccccc3c2-c2ccnc(N(C3=CC=CCC3)C3=COC=CO3)n2)c1)c1ccccc1Cl. The predicted molar refractivity (Wildman–Crippen MR) is 169 cm³/mol. The molecule has 3 aromatic heterocycles. The summed E-state index contributed by atoms with van der Waals surface area (Å²) in [5.74, 6) is 0.581. The number of benzene rings is 2. The highest BCUT2D eigenvalue weighted by Gasteiger charge is 2.25. The van der Waals surface area contributed by atoms with Crippen molar-refractivity contribution in [1.82, 2.24) is 19.6 Å². The van der Waals surface area contributed by atoms with E-state index < -0.39 is 0 Å². The number of hydrogen-bond donors (Lipinski definition) is 1. The van der Waals surface area contributed by atoms with Gasteiger partial charge in [0.15, 0.2) is 6.26 Å². The molecule has 1 aliphatic heterocycles. The number of amides is 1. The van der Waals surface area contributed by atoms with Gasteiger partial charge in [-0.05, 0) is 61.4 Å². The standard InChI is InChI=1S/C34H25ClN6O3/c35-27-14-5-4-13-26(27)33(42)37-24-10-8-9-23(21-24)32-31(29-15-6-7-18-40(29)39-32)28-16-17-36-34(38-28)41(25-11-2-1-3-12-25)30-22-43-19-20-44-30/h1-2,4-11,13-22H,3,12H2,(H,37,42). The van der Waals surface area contributed by atoms with Crippen molar-refractivity contribution in [2.75, 3.05) is 10.2 Å². The van der Waals surface area contributed by atoms with Gasteiger partial charge < -0.3 is 14.8 Å². The molecule has 1 amide bonds. The average Bonchev–Trinajstić information content (AvgIpc) is 3.46. The van der Waals surface area contributed by atoms with Crippen LogP contribution in [0.1, 0.15) is 23.2 Å². The van der Waals surface area contributed by atoms with Crippen molar-refractivity contribution in [3.05, 3.63) is 144 Å². The van der Waals surface area contributed by atoms with Crippen molar-refractivity contribution < 1.29 is 14.3 Å². The number of aromatic nitrogens is 4. The molecule has 44 heavy (non-hydrogen) atoms. The van der Waals surface area contributed by atoms with Crippen molar-refractivity contribution in [2.45, 2.75) is 12.8 Å². The molecule has 0 saturated heterocycles. The van der Waals surface area contributed by atoms with Gasteiger partial charge >= 0.3 is 0 Å². The Bertz CT molecular complexity index is 2010. The van der Waals surface area contributed by atoms with Crippen LogP contribution in [0.3, 0.4) is 0 Å². The van der Waals surface area contributed by atoms with E-state index >= 15 is 0 Å². The van der Waals surface area contributed by atoms with Crippen molar-refractivity contribution in [1.29, 1.82) is 0 Å². The maximum absolute atomic E-state index is 13.0. The van der Waals surface area contributed by atoms with Crippen molar-refractivity contribution in [2.24, 2.45) is 0 Å². The Hall–Kier alpha value is -5.67. The van der Waals surface area contributed by atoms with Gasteiger partial charge in [0.2, 0.25) is 11.8 Å². The second-order valence-corrected chi connectivity index (χ2v) is 10.4. The Morgan fingerprint density at radius 2 is 1.93 bits per heavy atom. The molecule has 9 nitrogen and oxygen atoms in total. The van der Waals surface area contributed by atoms with Crippen LogP contribution in [0.5, 0.6) is 0 Å². The van der Waals surface area contributed by atoms with Gasteiger partial charge in [0.05, 0.1) is 27.4 Å². The minimum atomic E-state index is -0.298. The summed E-state index contributed by atoms with van der Waals surface area (Å²) in [5.41, 5.74) is 5.82. The molecule has 216 valence electrons. The molecule has 1 aliphatic carbocycles. The van der Waals surface area contributed by atoms with Gasteiger partial charge in [-0.15, -0.1) is 0 Å². The zero-order valence-corrected chi connectivity index (χ0v) is 24.1. The molecule has 0 saturated carbocycles. The van der Waals surface area contributed by atoms with E-state index in [1.807, 2.05) is 76.3 Å². The first kappa shape index (κ1) is 27.2. The second-order valence-electron chi connectivity index (χ2n) is 9.95. The summed E-state index contributed by atoms with van der Waals surface area (Å²) < 4.78 is 13.0. The van der Waals surface area contributed by atoms with Gasteiger partial charge in [-0.25, -0.2) is 19.4 Å². The lowest BCUT2D eigenvalue weighted by molar-refractivity contribution is 0.102. The number of nitrogens with one attached hydrogen (secondary N) is 1. The third kappa shape index (κ3) is 5.32. The number of allylic oxidation sites excluding steroid dienone is 4. The molecule has 0 bridgehead atoms. The number of carbonyl (C=O) groups is 1. The molecular formula is C34H25ClN6O3. The van der Waals surface area contributed by atoms with Crippen molar-refractivity contribution in [3.8, 4) is 22.5 Å². The number of nitrogens with zero attached hydrogens (tertiary/aromatic N) is 5. The van der Waals surface area contributed by atoms with E-state index in [9.17, 15) is 4.79 Å². The summed E-state index contributed by atoms with van der Waals surface area (Å²) in [4.78, 5) is 24.5. The van der Waals surface area contributed by atoms with Gasteiger partial charge in [0.25, 0.3) is 5.91 Å². The van der Waals surface area contributed by atoms with Crippen LogP contribution >= 0.6 is 11.6 Å². The largest absolute Gasteiger partial charge is 0.464 e. The molecular weight excluding hydrogens is 576 g/mol. The summed E-state index contributed by atoms with van der Waals surface area (Å²) in [5, 5.41) is 8.27. The van der Waals surface area contributed by atoms with Crippen molar-refractivity contribution in [3.63, 3.8) is 0 Å². The van der Waals surface area contributed by atoms with Crippen LogP contribution in [0.25, 0.3) is 28.0 Å². The molecule has 0 spiro atoms. The van der Waals surface area contributed by atoms with E-state index in [1.165, 1.54) is 18.8 Å². The summed E-state index contributed by atoms with van der Waals surface area (Å²) in [7, 11) is 0. The van der Waals surface area contributed by atoms with Gasteiger partial charge in [-0.3, -0.25) is 4.79 Å². The van der Waals surface area contributed by atoms with Crippen LogP contribution in [0, 0.1) is 0 Å². The average molecular weight is 601 g/mol. The first-order valence-electron chi connectivity index (χ1n) is 14.0. The van der Waals surface area contributed by atoms with E-state index in [0.717, 1.165) is 35.2 Å². The lowest BCUT2D eigenvalue weighted by Gasteiger charge is -2.28. The third-order valence-electron chi connectivity index (χ3n) is 7.14. The van der Waals surface area contributed by atoms with E-state index in [-0.39, 0.29) is 5.91 Å². The summed E-state index contributed by atoms with van der Waals surface area (Å²) >= 11 is 6.26. The topological polar surface area (TPSA) is 93.9 Å². The first-order chi connectivity index (χ1) is 21.7. The van der Waals surface area contributed by atoms with Crippen molar-refractivity contribution >= 4 is 34.7 Å². The van der Waals surface area contributed by atoms with Crippen LogP contribution in [0.2, 0.25) is 5.02 Å². The van der Waals surface area contributed by atoms with Crippen LogP contribution < -0.4 is 10.2 Å². The van der Waals surface area contributed by atoms with Gasteiger partial charge in [0, 0.05) is 29.3 Å². The summed E-state index contributed by atoms with van der Waals surface area (Å²) in [6.45, 7) is 0. The fourth-order valence-corrected chi connectivity index (χ4v) is 5.36. The number of pyridine rings is 1. The van der Waals surface area contributed by atoms with E-state index in [4.69, 9.17) is 31.2 Å². The smallest absolute Gasteiger partial charge is 0.257 e. The highest BCUT2D eigenvalue weighted by molar-refractivity contribution is 6.34. The minimum absolute atomic E-state index is 0.298. The third-order valence-corrected chi connectivity index (χ3v) is 7.47. The molecule has 2 aromatic carbocycles. The number of halogens is 1. The number of rotatable bonds is 7. The number of ether oxygens (including phenoxy) is 2. The second kappa shape index (κ2) is 11.9. The molecule has 5 aromatic rings. The number of fused-ring (bicyclic) bond motifs is 1. The number of anilines is 2. The molecule has 0 unspecified atom stereocenters. The number of hydrogen-bond acceptors (Lipinski definition) is 7. The Morgan fingerprint density at radius 3 is 2.77 bits per heavy atom. The van der Waals surface area contributed by atoms with Crippen LogP contribution in [-0.2, 0) is 9.47 Å². The van der Waals surface area contributed by atoms with Crippen LogP contribution in [-0.4, -0.2) is 25.5 Å². The lowest BCUT2D eigenvalue weighted by atomic mass is 10.0. The molecule has 2 aliphatic rings. The highest BCUT2D eigenvalue weighted by atomic mass is 35.5.